The molecule has 0 atom stereocenters. The summed E-state index contributed by atoms with van der Waals surface area (Å²) in [5.74, 6) is 0. The molecule has 3 rings (SSSR count). The first-order valence-electron chi connectivity index (χ1n) is 9.41. The second kappa shape index (κ2) is 8.84. The minimum Gasteiger partial charge on any atom is -0.305 e. The molecule has 0 spiro atoms. The van der Waals surface area contributed by atoms with Crippen LogP contribution in [0.3, 0.4) is 0 Å². The highest BCUT2D eigenvalue weighted by Gasteiger charge is 2.15. The highest BCUT2D eigenvalue weighted by Crippen LogP contribution is 2.26. The number of sulfonamides is 1. The highest BCUT2D eigenvalue weighted by atomic mass is 32.2. The number of benzene rings is 2. The SMILES string of the molecule is CNS(=O)(=O)c1ccc(-c2ccc(CN3CCCN(C)CC3)cc2C#N)cc1. The van der Waals surface area contributed by atoms with Crippen molar-refractivity contribution in [3.05, 3.63) is 53.6 Å². The fraction of sp³-hybridized carbons (Fsp3) is 0.381. The molecule has 1 heterocycles. The molecule has 1 aliphatic heterocycles. The van der Waals surface area contributed by atoms with Gasteiger partial charge in [-0.3, -0.25) is 4.90 Å². The van der Waals surface area contributed by atoms with E-state index in [0.29, 0.717) is 5.56 Å². The van der Waals surface area contributed by atoms with Gasteiger partial charge in [-0.15, -0.1) is 0 Å². The molecule has 1 saturated heterocycles. The number of hydrogen-bond donors (Lipinski definition) is 1. The van der Waals surface area contributed by atoms with Crippen LogP contribution in [-0.2, 0) is 16.6 Å². The quantitative estimate of drug-likeness (QED) is 0.836. The van der Waals surface area contributed by atoms with Crippen LogP contribution < -0.4 is 4.72 Å². The lowest BCUT2D eigenvalue weighted by atomic mass is 9.98. The van der Waals surface area contributed by atoms with Gasteiger partial charge in [-0.1, -0.05) is 24.3 Å². The second-order valence-corrected chi connectivity index (χ2v) is 9.04. The van der Waals surface area contributed by atoms with Gasteiger partial charge in [0.25, 0.3) is 0 Å². The number of hydrogen-bond acceptors (Lipinski definition) is 5. The van der Waals surface area contributed by atoms with Gasteiger partial charge in [-0.25, -0.2) is 13.1 Å². The van der Waals surface area contributed by atoms with Crippen LogP contribution in [0.15, 0.2) is 47.4 Å². The fourth-order valence-electron chi connectivity index (χ4n) is 3.48. The molecule has 1 N–H and O–H groups in total. The number of nitrogens with zero attached hydrogens (tertiary/aromatic N) is 3. The van der Waals surface area contributed by atoms with Crippen molar-refractivity contribution in [1.82, 2.24) is 14.5 Å². The fourth-order valence-corrected chi connectivity index (χ4v) is 4.21. The summed E-state index contributed by atoms with van der Waals surface area (Å²) in [5, 5.41) is 9.64. The first-order chi connectivity index (χ1) is 13.4. The van der Waals surface area contributed by atoms with Crippen molar-refractivity contribution >= 4 is 10.0 Å². The van der Waals surface area contributed by atoms with Crippen LogP contribution in [0.1, 0.15) is 17.5 Å². The van der Waals surface area contributed by atoms with Gasteiger partial charge in [-0.2, -0.15) is 5.26 Å². The summed E-state index contributed by atoms with van der Waals surface area (Å²) in [7, 11) is 0.0721. The summed E-state index contributed by atoms with van der Waals surface area (Å²) >= 11 is 0. The molecule has 1 aliphatic rings. The third-order valence-electron chi connectivity index (χ3n) is 5.17. The molecule has 7 heteroatoms. The Bertz CT molecular complexity index is 965. The first kappa shape index (κ1) is 20.5. The molecule has 6 nitrogen and oxygen atoms in total. The molecule has 0 bridgehead atoms. The van der Waals surface area contributed by atoms with E-state index in [9.17, 15) is 13.7 Å². The summed E-state index contributed by atoms with van der Waals surface area (Å²) < 4.78 is 26.1. The van der Waals surface area contributed by atoms with Crippen LogP contribution in [0, 0.1) is 11.3 Å². The van der Waals surface area contributed by atoms with Crippen LogP contribution in [0.5, 0.6) is 0 Å². The molecule has 148 valence electrons. The van der Waals surface area contributed by atoms with Crippen molar-refractivity contribution in [1.29, 1.82) is 5.26 Å². The average Bonchev–Trinajstić information content (AvgIpc) is 2.92. The van der Waals surface area contributed by atoms with E-state index in [1.165, 1.54) is 7.05 Å². The van der Waals surface area contributed by atoms with Crippen LogP contribution in [0.2, 0.25) is 0 Å². The molecular weight excluding hydrogens is 372 g/mol. The molecular formula is C21H26N4O2S. The summed E-state index contributed by atoms with van der Waals surface area (Å²) in [6.07, 6.45) is 1.15. The van der Waals surface area contributed by atoms with E-state index in [0.717, 1.165) is 55.8 Å². The van der Waals surface area contributed by atoms with Crippen molar-refractivity contribution in [2.45, 2.75) is 17.9 Å². The van der Waals surface area contributed by atoms with Crippen molar-refractivity contribution in [3.63, 3.8) is 0 Å². The zero-order valence-electron chi connectivity index (χ0n) is 16.4. The number of rotatable bonds is 5. The highest BCUT2D eigenvalue weighted by molar-refractivity contribution is 7.89. The van der Waals surface area contributed by atoms with Crippen molar-refractivity contribution < 1.29 is 8.42 Å². The van der Waals surface area contributed by atoms with E-state index in [4.69, 9.17) is 0 Å². The monoisotopic (exact) mass is 398 g/mol. The van der Waals surface area contributed by atoms with Gasteiger partial charge in [0.2, 0.25) is 10.0 Å². The largest absolute Gasteiger partial charge is 0.305 e. The molecule has 1 fully saturated rings. The van der Waals surface area contributed by atoms with Crippen molar-refractivity contribution in [2.75, 3.05) is 40.3 Å². The first-order valence-corrected chi connectivity index (χ1v) is 10.9. The van der Waals surface area contributed by atoms with Gasteiger partial charge in [0.1, 0.15) is 0 Å². The lowest BCUT2D eigenvalue weighted by Gasteiger charge is -2.20. The third kappa shape index (κ3) is 4.78. The van der Waals surface area contributed by atoms with E-state index < -0.39 is 10.0 Å². The molecule has 0 aliphatic carbocycles. The molecule has 0 aromatic heterocycles. The lowest BCUT2D eigenvalue weighted by molar-refractivity contribution is 0.269. The zero-order chi connectivity index (χ0) is 20.1. The topological polar surface area (TPSA) is 76.4 Å². The Morgan fingerprint density at radius 2 is 1.82 bits per heavy atom. The Labute approximate surface area is 167 Å². The van der Waals surface area contributed by atoms with Crippen LogP contribution in [0.4, 0.5) is 0 Å². The van der Waals surface area contributed by atoms with Gasteiger partial charge in [-0.05, 0) is 68.5 Å². The van der Waals surface area contributed by atoms with Gasteiger partial charge >= 0.3 is 0 Å². The van der Waals surface area contributed by atoms with Gasteiger partial charge in [0, 0.05) is 19.6 Å². The zero-order valence-corrected chi connectivity index (χ0v) is 17.2. The Kier molecular flexibility index (Phi) is 6.47. The van der Waals surface area contributed by atoms with Crippen LogP contribution in [-0.4, -0.2) is 58.5 Å². The number of nitriles is 1. The number of nitrogens with one attached hydrogen (secondary N) is 1. The Hall–Kier alpha value is -2.24. The molecule has 2 aromatic rings. The maximum atomic E-state index is 11.9. The molecule has 0 radical (unpaired) electrons. The van der Waals surface area contributed by atoms with E-state index >= 15 is 0 Å². The predicted molar refractivity (Wildman–Crippen MR) is 110 cm³/mol. The Morgan fingerprint density at radius 1 is 1.07 bits per heavy atom. The summed E-state index contributed by atoms with van der Waals surface area (Å²) in [6.45, 7) is 5.11. The maximum absolute atomic E-state index is 11.9. The van der Waals surface area contributed by atoms with Crippen LogP contribution in [0.25, 0.3) is 11.1 Å². The van der Waals surface area contributed by atoms with Crippen LogP contribution >= 0.6 is 0 Å². The van der Waals surface area contributed by atoms with Gasteiger partial charge in [0.05, 0.1) is 16.5 Å². The average molecular weight is 399 g/mol. The number of likely N-dealkylation sites (N-methyl/N-ethyl adjacent to an activating group) is 1. The summed E-state index contributed by atoms with van der Waals surface area (Å²) in [5.41, 5.74) is 3.37. The molecule has 0 amide bonds. The smallest absolute Gasteiger partial charge is 0.240 e. The van der Waals surface area contributed by atoms with E-state index in [-0.39, 0.29) is 4.90 Å². The predicted octanol–water partition coefficient (Wildman–Crippen LogP) is 2.27. The molecule has 0 saturated carbocycles. The minimum absolute atomic E-state index is 0.208. The summed E-state index contributed by atoms with van der Waals surface area (Å²) in [6, 6.07) is 14.9. The second-order valence-electron chi connectivity index (χ2n) is 7.16. The molecule has 0 unspecified atom stereocenters. The standard InChI is InChI=1S/C21H26N4O2S/c1-23-28(26,27)20-7-5-18(6-8-20)21-9-4-17(14-19(21)15-22)16-25-11-3-10-24(2)12-13-25/h4-9,14,23H,3,10-13,16H2,1-2H3. The molecule has 28 heavy (non-hydrogen) atoms. The lowest BCUT2D eigenvalue weighted by Crippen LogP contribution is -2.28. The Morgan fingerprint density at radius 3 is 2.50 bits per heavy atom. The molecule has 2 aromatic carbocycles. The Balaban J connectivity index is 1.81. The van der Waals surface area contributed by atoms with E-state index in [1.54, 1.807) is 24.3 Å². The van der Waals surface area contributed by atoms with Crippen molar-refractivity contribution in [3.8, 4) is 17.2 Å². The summed E-state index contributed by atoms with van der Waals surface area (Å²) in [4.78, 5) is 4.98. The van der Waals surface area contributed by atoms with E-state index in [2.05, 4.69) is 33.7 Å². The third-order valence-corrected chi connectivity index (χ3v) is 6.60. The van der Waals surface area contributed by atoms with E-state index in [1.807, 2.05) is 12.1 Å². The maximum Gasteiger partial charge on any atom is 0.240 e. The van der Waals surface area contributed by atoms with Crippen molar-refractivity contribution in [2.24, 2.45) is 0 Å². The van der Waals surface area contributed by atoms with Gasteiger partial charge in [0.15, 0.2) is 0 Å². The van der Waals surface area contributed by atoms with Gasteiger partial charge < -0.3 is 4.90 Å². The normalized spacial score (nSPS) is 16.5. The minimum atomic E-state index is -3.47.